The molecular formula is C24H16ClF4NO3. The summed E-state index contributed by atoms with van der Waals surface area (Å²) in [4.78, 5) is 24.6. The number of carboxylic acid groups (broad SMARTS) is 1. The number of rotatable bonds is 4. The molecule has 6 rings (SSSR count). The molecule has 0 spiro atoms. The lowest BCUT2D eigenvalue weighted by Crippen LogP contribution is -2.37. The maximum absolute atomic E-state index is 14.4. The van der Waals surface area contributed by atoms with Crippen molar-refractivity contribution < 1.29 is 32.3 Å². The van der Waals surface area contributed by atoms with Crippen LogP contribution in [0.1, 0.15) is 56.6 Å². The van der Waals surface area contributed by atoms with Crippen LogP contribution in [0.4, 0.5) is 17.6 Å². The molecule has 1 aromatic heterocycles. The fourth-order valence-electron chi connectivity index (χ4n) is 4.94. The molecule has 3 aliphatic rings. The maximum atomic E-state index is 14.4. The number of hydrogen-bond donors (Lipinski definition) is 1. The molecule has 0 radical (unpaired) electrons. The van der Waals surface area contributed by atoms with Crippen molar-refractivity contribution in [2.45, 2.75) is 31.5 Å². The van der Waals surface area contributed by atoms with Crippen molar-refractivity contribution in [2.24, 2.45) is 5.92 Å². The van der Waals surface area contributed by atoms with Crippen molar-refractivity contribution in [3.05, 3.63) is 81.4 Å². The van der Waals surface area contributed by atoms with Gasteiger partial charge in [0.05, 0.1) is 27.4 Å². The first kappa shape index (κ1) is 21.7. The molecule has 1 saturated carbocycles. The average molecular weight is 478 g/mol. The minimum atomic E-state index is -4.77. The normalized spacial score (nSPS) is 19.1. The number of carbonyl (C=O) groups is 2. The van der Waals surface area contributed by atoms with E-state index in [0.29, 0.717) is 23.5 Å². The van der Waals surface area contributed by atoms with Crippen LogP contribution in [0.3, 0.4) is 0 Å². The molecular weight excluding hydrogens is 462 g/mol. The van der Waals surface area contributed by atoms with Crippen LogP contribution in [0, 0.1) is 11.7 Å². The van der Waals surface area contributed by atoms with E-state index >= 15 is 0 Å². The standard InChI is InChI=1S/C24H16ClF4NO3/c25-17-3-1-2-16(24(27,28)29)21(17)22(31)20-10-15(19-8-11-6-13(7-11)30(19)20)12-4-5-14(23(32)33)18(26)9-12/h1-5,9-11,13H,6-8H2,(H,32,33). The smallest absolute Gasteiger partial charge is 0.417 e. The van der Waals surface area contributed by atoms with E-state index in [1.807, 2.05) is 0 Å². The molecule has 4 nitrogen and oxygen atoms in total. The van der Waals surface area contributed by atoms with E-state index in [1.165, 1.54) is 18.2 Å². The van der Waals surface area contributed by atoms with Gasteiger partial charge < -0.3 is 9.67 Å². The number of aromatic nitrogens is 1. The Hall–Kier alpha value is -3.13. The summed E-state index contributed by atoms with van der Waals surface area (Å²) in [5.41, 5.74) is -0.570. The van der Waals surface area contributed by atoms with E-state index in [1.54, 1.807) is 4.57 Å². The predicted octanol–water partition coefficient (Wildman–Crippen LogP) is 6.40. The van der Waals surface area contributed by atoms with E-state index in [-0.39, 0.29) is 16.8 Å². The lowest BCUT2D eigenvalue weighted by atomic mass is 9.73. The number of benzene rings is 2. The number of carboxylic acids is 1. The highest BCUT2D eigenvalue weighted by Gasteiger charge is 2.43. The summed E-state index contributed by atoms with van der Waals surface area (Å²) < 4.78 is 57.0. The molecule has 0 saturated heterocycles. The number of hydrogen-bond acceptors (Lipinski definition) is 2. The topological polar surface area (TPSA) is 59.3 Å². The Morgan fingerprint density at radius 2 is 1.82 bits per heavy atom. The summed E-state index contributed by atoms with van der Waals surface area (Å²) in [5.74, 6) is -2.81. The lowest BCUT2D eigenvalue weighted by molar-refractivity contribution is -0.137. The second-order valence-corrected chi connectivity index (χ2v) is 8.85. The zero-order chi connectivity index (χ0) is 23.7. The van der Waals surface area contributed by atoms with Crippen LogP contribution < -0.4 is 0 Å². The van der Waals surface area contributed by atoms with Crippen molar-refractivity contribution in [3.63, 3.8) is 0 Å². The minimum absolute atomic E-state index is 0.0357. The van der Waals surface area contributed by atoms with Crippen LogP contribution in [0.5, 0.6) is 0 Å². The minimum Gasteiger partial charge on any atom is -0.478 e. The molecule has 3 heterocycles. The monoisotopic (exact) mass is 477 g/mol. The van der Waals surface area contributed by atoms with Crippen LogP contribution in [0.25, 0.3) is 11.1 Å². The average Bonchev–Trinajstić information content (AvgIpc) is 3.12. The van der Waals surface area contributed by atoms with Gasteiger partial charge in [0.1, 0.15) is 5.82 Å². The third kappa shape index (κ3) is 3.44. The van der Waals surface area contributed by atoms with Gasteiger partial charge in [-0.05, 0) is 61.1 Å². The van der Waals surface area contributed by atoms with E-state index in [2.05, 4.69) is 0 Å². The van der Waals surface area contributed by atoms with Gasteiger partial charge in [0, 0.05) is 17.3 Å². The Morgan fingerprint density at radius 1 is 1.09 bits per heavy atom. The molecule has 2 aliphatic heterocycles. The Morgan fingerprint density at radius 3 is 2.45 bits per heavy atom. The van der Waals surface area contributed by atoms with Crippen LogP contribution in [0.2, 0.25) is 5.02 Å². The molecule has 3 aromatic rings. The molecule has 9 heteroatoms. The van der Waals surface area contributed by atoms with E-state index < -0.39 is 40.4 Å². The van der Waals surface area contributed by atoms with Gasteiger partial charge in [-0.1, -0.05) is 23.7 Å². The SMILES string of the molecule is O=C(O)c1ccc(-c2cc(C(=O)c3c(Cl)cccc3C(F)(F)F)n3c2CC2CC3C2)cc1F. The number of carbonyl (C=O) groups excluding carboxylic acids is 1. The zero-order valence-corrected chi connectivity index (χ0v) is 17.7. The molecule has 1 N–H and O–H groups in total. The molecule has 33 heavy (non-hydrogen) atoms. The first-order valence-electron chi connectivity index (χ1n) is 10.2. The van der Waals surface area contributed by atoms with E-state index in [0.717, 1.165) is 42.8 Å². The molecule has 0 amide bonds. The van der Waals surface area contributed by atoms with Crippen molar-refractivity contribution >= 4 is 23.4 Å². The van der Waals surface area contributed by atoms with Crippen molar-refractivity contribution in [3.8, 4) is 11.1 Å². The maximum Gasteiger partial charge on any atom is 0.417 e. The van der Waals surface area contributed by atoms with Crippen LogP contribution >= 0.6 is 11.6 Å². The first-order chi connectivity index (χ1) is 15.6. The molecule has 1 fully saturated rings. The fourth-order valence-corrected chi connectivity index (χ4v) is 5.20. The van der Waals surface area contributed by atoms with Crippen molar-refractivity contribution in [1.29, 1.82) is 0 Å². The van der Waals surface area contributed by atoms with Crippen LogP contribution in [-0.2, 0) is 12.6 Å². The molecule has 1 aliphatic carbocycles. The Balaban J connectivity index is 1.69. The molecule has 2 bridgehead atoms. The zero-order valence-electron chi connectivity index (χ0n) is 16.9. The lowest BCUT2D eigenvalue weighted by Gasteiger charge is -2.44. The number of nitrogens with zero attached hydrogens (tertiary/aromatic N) is 1. The van der Waals surface area contributed by atoms with Crippen LogP contribution in [-0.4, -0.2) is 21.4 Å². The Bertz CT molecular complexity index is 1320. The summed E-state index contributed by atoms with van der Waals surface area (Å²) in [7, 11) is 0. The Labute approximate surface area is 190 Å². The molecule has 0 unspecified atom stereocenters. The highest BCUT2D eigenvalue weighted by molar-refractivity contribution is 6.35. The Kier molecular flexibility index (Phi) is 4.90. The van der Waals surface area contributed by atoms with Gasteiger partial charge in [-0.3, -0.25) is 4.79 Å². The summed E-state index contributed by atoms with van der Waals surface area (Å²) in [6.45, 7) is 0. The molecule has 0 atom stereocenters. The van der Waals surface area contributed by atoms with Crippen molar-refractivity contribution in [2.75, 3.05) is 0 Å². The fraction of sp³-hybridized carbons (Fsp3) is 0.250. The number of halogens is 5. The largest absolute Gasteiger partial charge is 0.478 e. The van der Waals surface area contributed by atoms with Gasteiger partial charge in [-0.25, -0.2) is 9.18 Å². The predicted molar refractivity (Wildman–Crippen MR) is 112 cm³/mol. The summed E-state index contributed by atoms with van der Waals surface area (Å²) in [6, 6.07) is 8.29. The van der Waals surface area contributed by atoms with Crippen LogP contribution in [0.15, 0.2) is 42.5 Å². The number of alkyl halides is 3. The van der Waals surface area contributed by atoms with Crippen molar-refractivity contribution in [1.82, 2.24) is 4.57 Å². The number of ketones is 1. The summed E-state index contributed by atoms with van der Waals surface area (Å²) >= 11 is 6.07. The second-order valence-electron chi connectivity index (χ2n) is 8.44. The van der Waals surface area contributed by atoms with Gasteiger partial charge in [-0.15, -0.1) is 0 Å². The summed E-state index contributed by atoms with van der Waals surface area (Å²) in [6.07, 6.45) is -2.56. The molecule has 2 aromatic carbocycles. The van der Waals surface area contributed by atoms with Gasteiger partial charge in [-0.2, -0.15) is 13.2 Å². The highest BCUT2D eigenvalue weighted by atomic mass is 35.5. The molecule has 170 valence electrons. The quantitative estimate of drug-likeness (QED) is 0.349. The first-order valence-corrected chi connectivity index (χ1v) is 10.6. The second kappa shape index (κ2) is 7.45. The van der Waals surface area contributed by atoms with E-state index in [4.69, 9.17) is 16.7 Å². The third-order valence-electron chi connectivity index (χ3n) is 6.49. The van der Waals surface area contributed by atoms with Gasteiger partial charge in [0.2, 0.25) is 5.78 Å². The number of aromatic carboxylic acids is 1. The van der Waals surface area contributed by atoms with Gasteiger partial charge in [0.15, 0.2) is 0 Å². The van der Waals surface area contributed by atoms with Gasteiger partial charge >= 0.3 is 12.1 Å². The highest BCUT2D eigenvalue weighted by Crippen LogP contribution is 2.50. The van der Waals surface area contributed by atoms with Gasteiger partial charge in [0.25, 0.3) is 0 Å². The summed E-state index contributed by atoms with van der Waals surface area (Å²) in [5, 5.41) is 8.79. The third-order valence-corrected chi connectivity index (χ3v) is 6.80. The van der Waals surface area contributed by atoms with E-state index in [9.17, 15) is 27.2 Å².